The summed E-state index contributed by atoms with van der Waals surface area (Å²) in [7, 11) is 1.61. The van der Waals surface area contributed by atoms with Crippen molar-refractivity contribution in [3.8, 4) is 17.6 Å². The maximum atomic E-state index is 11.3. The second-order valence-corrected chi connectivity index (χ2v) is 4.56. The van der Waals surface area contributed by atoms with Crippen molar-refractivity contribution in [1.29, 1.82) is 0 Å². The molecule has 1 N–H and O–H groups in total. The number of nitrogens with zero attached hydrogens (tertiary/aromatic N) is 1. The van der Waals surface area contributed by atoms with Gasteiger partial charge >= 0.3 is 5.97 Å². The van der Waals surface area contributed by atoms with Crippen molar-refractivity contribution in [1.82, 2.24) is 4.98 Å². The largest absolute Gasteiger partial charge is 0.497 e. The third kappa shape index (κ3) is 3.96. The summed E-state index contributed by atoms with van der Waals surface area (Å²) in [4.78, 5) is 15.6. The van der Waals surface area contributed by atoms with Gasteiger partial charge < -0.3 is 14.6 Å². The molecule has 1 aromatic carbocycles. The Hall–Kier alpha value is -2.58. The fourth-order valence-electron chi connectivity index (χ4n) is 1.88. The van der Waals surface area contributed by atoms with Gasteiger partial charge in [-0.1, -0.05) is 11.8 Å². The molecule has 2 rings (SSSR count). The standard InChI is InChI=1S/C17H17NO4/c1-3-22-17(20)16(19)6-4-5-12-9-13-10-14(21-2)7-8-15(13)18-11-12/h7-11,16,19H,3,6H2,1-2H3. The van der Waals surface area contributed by atoms with Gasteiger partial charge in [0, 0.05) is 23.6 Å². The third-order valence-electron chi connectivity index (χ3n) is 2.98. The number of rotatable bonds is 4. The number of esters is 1. The quantitative estimate of drug-likeness (QED) is 0.690. The number of pyridine rings is 1. The molecule has 0 spiro atoms. The smallest absolute Gasteiger partial charge is 0.335 e. The molecule has 1 unspecified atom stereocenters. The number of fused-ring (bicyclic) bond motifs is 1. The Balaban J connectivity index is 2.12. The van der Waals surface area contributed by atoms with Gasteiger partial charge in [0.25, 0.3) is 0 Å². The summed E-state index contributed by atoms with van der Waals surface area (Å²) in [5.41, 5.74) is 1.55. The SMILES string of the molecule is CCOC(=O)C(O)CC#Cc1cnc2ccc(OC)cc2c1. The molecule has 0 radical (unpaired) electrons. The molecule has 0 amide bonds. The molecule has 1 heterocycles. The normalized spacial score (nSPS) is 11.4. The van der Waals surface area contributed by atoms with Gasteiger partial charge in [-0.15, -0.1) is 0 Å². The van der Waals surface area contributed by atoms with Crippen LogP contribution >= 0.6 is 0 Å². The van der Waals surface area contributed by atoms with Gasteiger partial charge in [-0.25, -0.2) is 4.79 Å². The summed E-state index contributed by atoms with van der Waals surface area (Å²) in [6.07, 6.45) is 0.453. The highest BCUT2D eigenvalue weighted by Crippen LogP contribution is 2.19. The highest BCUT2D eigenvalue weighted by atomic mass is 16.5. The minimum absolute atomic E-state index is 0.0228. The summed E-state index contributed by atoms with van der Waals surface area (Å²) in [5.74, 6) is 5.74. The first-order chi connectivity index (χ1) is 10.6. The first kappa shape index (κ1) is 15.8. The van der Waals surface area contributed by atoms with Crippen molar-refractivity contribution < 1.29 is 19.4 Å². The number of aliphatic hydroxyl groups is 1. The molecule has 2 aromatic rings. The van der Waals surface area contributed by atoms with Gasteiger partial charge in [0.1, 0.15) is 5.75 Å². The van der Waals surface area contributed by atoms with E-state index in [1.54, 1.807) is 20.2 Å². The molecule has 1 atom stereocenters. The summed E-state index contributed by atoms with van der Waals surface area (Å²) in [6, 6.07) is 7.47. The molecule has 1 aromatic heterocycles. The van der Waals surface area contributed by atoms with Crippen LogP contribution in [-0.4, -0.2) is 35.9 Å². The number of hydrogen-bond acceptors (Lipinski definition) is 5. The molecule has 5 nitrogen and oxygen atoms in total. The van der Waals surface area contributed by atoms with E-state index in [0.29, 0.717) is 5.56 Å². The van der Waals surface area contributed by atoms with Crippen LogP contribution in [0.15, 0.2) is 30.5 Å². The van der Waals surface area contributed by atoms with Crippen molar-refractivity contribution >= 4 is 16.9 Å². The van der Waals surface area contributed by atoms with E-state index in [4.69, 9.17) is 9.47 Å². The maximum absolute atomic E-state index is 11.3. The maximum Gasteiger partial charge on any atom is 0.335 e. The van der Waals surface area contributed by atoms with Crippen LogP contribution in [0.5, 0.6) is 5.75 Å². The molecule has 0 saturated heterocycles. The summed E-state index contributed by atoms with van der Waals surface area (Å²) in [6.45, 7) is 1.92. The second-order valence-electron chi connectivity index (χ2n) is 4.56. The van der Waals surface area contributed by atoms with Crippen LogP contribution in [0.25, 0.3) is 10.9 Å². The van der Waals surface area contributed by atoms with Gasteiger partial charge in [0.05, 0.1) is 19.2 Å². The first-order valence-corrected chi connectivity index (χ1v) is 6.91. The third-order valence-corrected chi connectivity index (χ3v) is 2.98. The lowest BCUT2D eigenvalue weighted by molar-refractivity contribution is -0.152. The van der Waals surface area contributed by atoms with Crippen LogP contribution in [0.4, 0.5) is 0 Å². The lowest BCUT2D eigenvalue weighted by Gasteiger charge is -2.05. The van der Waals surface area contributed by atoms with Gasteiger partial charge in [0.2, 0.25) is 0 Å². The Labute approximate surface area is 128 Å². The van der Waals surface area contributed by atoms with E-state index >= 15 is 0 Å². The van der Waals surface area contributed by atoms with Crippen LogP contribution in [0.3, 0.4) is 0 Å². The molecule has 0 aliphatic rings. The van der Waals surface area contributed by atoms with Gasteiger partial charge in [0.15, 0.2) is 6.10 Å². The van der Waals surface area contributed by atoms with Crippen molar-refractivity contribution in [3.63, 3.8) is 0 Å². The number of hydrogen-bond donors (Lipinski definition) is 1. The second kappa shape index (κ2) is 7.43. The fraction of sp³-hybridized carbons (Fsp3) is 0.294. The molecule has 114 valence electrons. The number of carbonyl (C=O) groups excluding carboxylic acids is 1. The van der Waals surface area contributed by atoms with Gasteiger partial charge in [-0.3, -0.25) is 4.98 Å². The van der Waals surface area contributed by atoms with Crippen LogP contribution in [0.1, 0.15) is 18.9 Å². The van der Waals surface area contributed by atoms with E-state index in [-0.39, 0.29) is 13.0 Å². The van der Waals surface area contributed by atoms with Crippen molar-refractivity contribution in [2.45, 2.75) is 19.4 Å². The number of aromatic nitrogens is 1. The number of ether oxygens (including phenoxy) is 2. The predicted molar refractivity (Wildman–Crippen MR) is 82.4 cm³/mol. The van der Waals surface area contributed by atoms with E-state index < -0.39 is 12.1 Å². The van der Waals surface area contributed by atoms with Crippen molar-refractivity contribution in [2.75, 3.05) is 13.7 Å². The number of carbonyl (C=O) groups is 1. The monoisotopic (exact) mass is 299 g/mol. The molecule has 0 bridgehead atoms. The van der Waals surface area contributed by atoms with Crippen molar-refractivity contribution in [3.05, 3.63) is 36.0 Å². The molecule has 0 aliphatic carbocycles. The van der Waals surface area contributed by atoms with Crippen LogP contribution < -0.4 is 4.74 Å². The van der Waals surface area contributed by atoms with Gasteiger partial charge in [-0.05, 0) is 31.2 Å². The summed E-state index contributed by atoms with van der Waals surface area (Å²) < 4.78 is 9.88. The van der Waals surface area contributed by atoms with Crippen molar-refractivity contribution in [2.24, 2.45) is 0 Å². The van der Waals surface area contributed by atoms with Crippen LogP contribution in [-0.2, 0) is 9.53 Å². The minimum Gasteiger partial charge on any atom is -0.497 e. The fourth-order valence-corrected chi connectivity index (χ4v) is 1.88. The lowest BCUT2D eigenvalue weighted by atomic mass is 10.1. The zero-order valence-electron chi connectivity index (χ0n) is 12.5. The zero-order valence-corrected chi connectivity index (χ0v) is 12.5. The number of benzene rings is 1. The molecule has 22 heavy (non-hydrogen) atoms. The Morgan fingerprint density at radius 1 is 1.41 bits per heavy atom. The predicted octanol–water partition coefficient (Wildman–Crippen LogP) is 1.91. The zero-order chi connectivity index (χ0) is 15.9. The summed E-state index contributed by atoms with van der Waals surface area (Å²) in [5, 5.41) is 10.5. The Bertz CT molecular complexity index is 730. The van der Waals surface area contributed by atoms with E-state index in [1.165, 1.54) is 0 Å². The molecular weight excluding hydrogens is 282 g/mol. The average molecular weight is 299 g/mol. The topological polar surface area (TPSA) is 68.7 Å². The molecular formula is C17H17NO4. The number of methoxy groups -OCH3 is 1. The molecule has 0 fully saturated rings. The highest BCUT2D eigenvalue weighted by molar-refractivity contribution is 5.81. The highest BCUT2D eigenvalue weighted by Gasteiger charge is 2.13. The number of aliphatic hydroxyl groups excluding tert-OH is 1. The first-order valence-electron chi connectivity index (χ1n) is 6.91. The van der Waals surface area contributed by atoms with Gasteiger partial charge in [-0.2, -0.15) is 0 Å². The Morgan fingerprint density at radius 3 is 2.95 bits per heavy atom. The van der Waals surface area contributed by atoms with E-state index in [9.17, 15) is 9.90 Å². The van der Waals surface area contributed by atoms with Crippen LogP contribution in [0.2, 0.25) is 0 Å². The Morgan fingerprint density at radius 2 is 2.23 bits per heavy atom. The molecule has 0 aliphatic heterocycles. The molecule has 5 heteroatoms. The average Bonchev–Trinajstić information content (AvgIpc) is 2.54. The minimum atomic E-state index is -1.22. The Kier molecular flexibility index (Phi) is 5.34. The summed E-state index contributed by atoms with van der Waals surface area (Å²) >= 11 is 0. The lowest BCUT2D eigenvalue weighted by Crippen LogP contribution is -2.22. The van der Waals surface area contributed by atoms with E-state index in [2.05, 4.69) is 16.8 Å². The molecule has 0 saturated carbocycles. The van der Waals surface area contributed by atoms with Crippen LogP contribution in [0, 0.1) is 11.8 Å². The van der Waals surface area contributed by atoms with E-state index in [0.717, 1.165) is 16.7 Å². The van der Waals surface area contributed by atoms with E-state index in [1.807, 2.05) is 24.3 Å².